The number of rotatable bonds is 5. The Balaban J connectivity index is 2.72. The molecule has 0 spiro atoms. The van der Waals surface area contributed by atoms with Crippen molar-refractivity contribution in [2.75, 3.05) is 5.75 Å². The van der Waals surface area contributed by atoms with Crippen LogP contribution in [0.25, 0.3) is 0 Å². The Morgan fingerprint density at radius 2 is 2.00 bits per heavy atom. The van der Waals surface area contributed by atoms with Gasteiger partial charge in [-0.05, 0) is 21.8 Å². The quantitative estimate of drug-likeness (QED) is 0.591. The molecular weight excluding hydrogens is 284 g/mol. The summed E-state index contributed by atoms with van der Waals surface area (Å²) in [5, 5.41) is 1.07. The van der Waals surface area contributed by atoms with Gasteiger partial charge in [-0.25, -0.2) is 9.97 Å². The summed E-state index contributed by atoms with van der Waals surface area (Å²) < 4.78 is 0.887. The molecule has 16 heavy (non-hydrogen) atoms. The largest absolute Gasteiger partial charge is 0.226 e. The fourth-order valence-corrected chi connectivity index (χ4v) is 2.69. The minimum absolute atomic E-state index is 0.375. The maximum Gasteiger partial charge on any atom is 0.133 e. The van der Waals surface area contributed by atoms with E-state index in [2.05, 4.69) is 53.6 Å². The molecule has 0 aromatic carbocycles. The molecule has 1 heterocycles. The molecule has 0 aliphatic carbocycles. The van der Waals surface area contributed by atoms with Gasteiger partial charge >= 0.3 is 0 Å². The van der Waals surface area contributed by atoms with Crippen molar-refractivity contribution in [3.8, 4) is 0 Å². The van der Waals surface area contributed by atoms with Crippen LogP contribution in [0, 0.1) is 5.92 Å². The first-order valence-electron chi connectivity index (χ1n) is 5.70. The first-order chi connectivity index (χ1) is 7.52. The van der Waals surface area contributed by atoms with E-state index in [4.69, 9.17) is 0 Å². The highest BCUT2D eigenvalue weighted by molar-refractivity contribution is 9.10. The molecule has 0 aliphatic heterocycles. The van der Waals surface area contributed by atoms with E-state index in [-0.39, 0.29) is 0 Å². The van der Waals surface area contributed by atoms with Crippen LogP contribution < -0.4 is 0 Å². The minimum atomic E-state index is 0.375. The van der Waals surface area contributed by atoms with Crippen LogP contribution in [-0.2, 0) is 0 Å². The zero-order chi connectivity index (χ0) is 12.1. The van der Waals surface area contributed by atoms with E-state index in [1.807, 2.05) is 17.8 Å². The molecule has 1 unspecified atom stereocenters. The first-order valence-corrected chi connectivity index (χ1v) is 7.48. The van der Waals surface area contributed by atoms with Gasteiger partial charge in [0.1, 0.15) is 15.5 Å². The third-order valence-corrected chi connectivity index (χ3v) is 4.06. The van der Waals surface area contributed by atoms with Gasteiger partial charge in [-0.3, -0.25) is 0 Å². The Hall–Kier alpha value is -0.0900. The molecule has 0 N–H and O–H groups in total. The van der Waals surface area contributed by atoms with E-state index in [1.165, 1.54) is 6.42 Å². The predicted octanol–water partition coefficient (Wildman–Crippen LogP) is 4.50. The summed E-state index contributed by atoms with van der Waals surface area (Å²) in [6.45, 7) is 8.73. The van der Waals surface area contributed by atoms with Gasteiger partial charge < -0.3 is 0 Å². The lowest BCUT2D eigenvalue weighted by Gasteiger charge is -2.09. The Bertz CT molecular complexity index is 342. The Labute approximate surface area is 111 Å². The van der Waals surface area contributed by atoms with Gasteiger partial charge in [0.2, 0.25) is 0 Å². The minimum Gasteiger partial charge on any atom is -0.226 e. The van der Waals surface area contributed by atoms with Crippen molar-refractivity contribution in [1.82, 2.24) is 9.97 Å². The van der Waals surface area contributed by atoms with Gasteiger partial charge in [-0.2, -0.15) is 0 Å². The van der Waals surface area contributed by atoms with Crippen molar-refractivity contribution in [1.29, 1.82) is 0 Å². The van der Waals surface area contributed by atoms with E-state index in [0.717, 1.165) is 27.1 Å². The summed E-state index contributed by atoms with van der Waals surface area (Å²) in [6, 6.07) is 2.00. The van der Waals surface area contributed by atoms with Crippen molar-refractivity contribution in [2.45, 2.75) is 45.1 Å². The highest BCUT2D eigenvalue weighted by Crippen LogP contribution is 2.24. The molecule has 0 saturated carbocycles. The monoisotopic (exact) mass is 302 g/mol. The molecule has 4 heteroatoms. The van der Waals surface area contributed by atoms with Crippen molar-refractivity contribution < 1.29 is 0 Å². The van der Waals surface area contributed by atoms with Crippen LogP contribution in [0.3, 0.4) is 0 Å². The molecule has 0 radical (unpaired) electrons. The molecule has 0 fully saturated rings. The summed E-state index contributed by atoms with van der Waals surface area (Å²) in [7, 11) is 0. The van der Waals surface area contributed by atoms with E-state index in [9.17, 15) is 0 Å². The number of halogens is 1. The zero-order valence-electron chi connectivity index (χ0n) is 10.3. The Kier molecular flexibility index (Phi) is 5.76. The van der Waals surface area contributed by atoms with Crippen LogP contribution in [-0.4, -0.2) is 15.7 Å². The lowest BCUT2D eigenvalue weighted by molar-refractivity contribution is 0.636. The van der Waals surface area contributed by atoms with E-state index in [0.29, 0.717) is 5.92 Å². The number of nitrogens with zero attached hydrogens (tertiary/aromatic N) is 2. The van der Waals surface area contributed by atoms with Crippen LogP contribution in [0.5, 0.6) is 0 Å². The molecule has 0 bridgehead atoms. The average molecular weight is 303 g/mol. The van der Waals surface area contributed by atoms with Crippen LogP contribution in [0.2, 0.25) is 0 Å². The SMILES string of the molecule is CCC(C)CSc1cc(Br)nc(C(C)C)n1. The normalized spacial score (nSPS) is 13.1. The van der Waals surface area contributed by atoms with Crippen LogP contribution in [0.15, 0.2) is 15.7 Å². The van der Waals surface area contributed by atoms with Gasteiger partial charge in [0, 0.05) is 17.7 Å². The van der Waals surface area contributed by atoms with E-state index in [1.54, 1.807) is 0 Å². The van der Waals surface area contributed by atoms with Crippen LogP contribution in [0.4, 0.5) is 0 Å². The highest BCUT2D eigenvalue weighted by atomic mass is 79.9. The third-order valence-electron chi connectivity index (χ3n) is 2.42. The van der Waals surface area contributed by atoms with Gasteiger partial charge in [-0.1, -0.05) is 34.1 Å². The maximum atomic E-state index is 4.56. The molecule has 0 amide bonds. The molecule has 1 aromatic heterocycles. The summed E-state index contributed by atoms with van der Waals surface area (Å²) in [5.41, 5.74) is 0. The summed E-state index contributed by atoms with van der Waals surface area (Å²) in [4.78, 5) is 8.93. The smallest absolute Gasteiger partial charge is 0.133 e. The van der Waals surface area contributed by atoms with Crippen molar-refractivity contribution >= 4 is 27.7 Å². The van der Waals surface area contributed by atoms with Gasteiger partial charge in [0.25, 0.3) is 0 Å². The molecule has 1 aromatic rings. The second-order valence-corrected chi connectivity index (χ2v) is 6.22. The standard InChI is InChI=1S/C12H19BrN2S/c1-5-9(4)7-16-11-6-10(13)14-12(15-11)8(2)3/h6,8-9H,5,7H2,1-4H3. The average Bonchev–Trinajstić information content (AvgIpc) is 2.25. The summed E-state index contributed by atoms with van der Waals surface area (Å²) in [5.74, 6) is 3.15. The Morgan fingerprint density at radius 3 is 2.56 bits per heavy atom. The predicted molar refractivity (Wildman–Crippen MR) is 74.0 cm³/mol. The summed E-state index contributed by atoms with van der Waals surface area (Å²) >= 11 is 5.26. The van der Waals surface area contributed by atoms with Gasteiger partial charge in [0.05, 0.1) is 0 Å². The molecule has 2 nitrogen and oxygen atoms in total. The second-order valence-electron chi connectivity index (χ2n) is 4.37. The van der Waals surface area contributed by atoms with Gasteiger partial charge in [-0.15, -0.1) is 11.8 Å². The lowest BCUT2D eigenvalue weighted by Crippen LogP contribution is -2.01. The van der Waals surface area contributed by atoms with E-state index < -0.39 is 0 Å². The molecular formula is C12H19BrN2S. The lowest BCUT2D eigenvalue weighted by atomic mass is 10.2. The first kappa shape index (κ1) is 14.0. The number of hydrogen-bond donors (Lipinski definition) is 0. The van der Waals surface area contributed by atoms with Crippen LogP contribution in [0.1, 0.15) is 45.9 Å². The molecule has 0 aliphatic rings. The second kappa shape index (κ2) is 6.60. The van der Waals surface area contributed by atoms with Crippen molar-refractivity contribution in [2.24, 2.45) is 5.92 Å². The van der Waals surface area contributed by atoms with Gasteiger partial charge in [0.15, 0.2) is 0 Å². The van der Waals surface area contributed by atoms with Crippen LogP contribution >= 0.6 is 27.7 Å². The highest BCUT2D eigenvalue weighted by Gasteiger charge is 2.08. The fraction of sp³-hybridized carbons (Fsp3) is 0.667. The van der Waals surface area contributed by atoms with Crippen molar-refractivity contribution in [3.05, 3.63) is 16.5 Å². The topological polar surface area (TPSA) is 25.8 Å². The summed E-state index contributed by atoms with van der Waals surface area (Å²) in [6.07, 6.45) is 1.22. The molecule has 90 valence electrons. The Morgan fingerprint density at radius 1 is 1.31 bits per heavy atom. The zero-order valence-corrected chi connectivity index (χ0v) is 12.7. The molecule has 1 atom stereocenters. The van der Waals surface area contributed by atoms with E-state index >= 15 is 0 Å². The van der Waals surface area contributed by atoms with Crippen molar-refractivity contribution in [3.63, 3.8) is 0 Å². The molecule has 1 rings (SSSR count). The number of hydrogen-bond acceptors (Lipinski definition) is 3. The number of aromatic nitrogens is 2. The fourth-order valence-electron chi connectivity index (χ4n) is 1.09. The molecule has 0 saturated heterocycles. The number of thioether (sulfide) groups is 1. The maximum absolute atomic E-state index is 4.56. The third kappa shape index (κ3) is 4.42.